The van der Waals surface area contributed by atoms with Gasteiger partial charge in [0.25, 0.3) is 0 Å². The van der Waals surface area contributed by atoms with Gasteiger partial charge >= 0.3 is 5.97 Å². The minimum absolute atomic E-state index is 0.0296. The Kier molecular flexibility index (Phi) is 7.72. The van der Waals surface area contributed by atoms with Gasteiger partial charge in [-0.05, 0) is 30.5 Å². The zero-order chi connectivity index (χ0) is 18.9. The molecule has 0 radical (unpaired) electrons. The molecule has 0 saturated carbocycles. The van der Waals surface area contributed by atoms with Crippen molar-refractivity contribution >= 4 is 11.9 Å². The van der Waals surface area contributed by atoms with E-state index in [2.05, 4.69) is 4.74 Å². The number of carbonyl (C=O) groups is 2. The van der Waals surface area contributed by atoms with Crippen molar-refractivity contribution in [2.24, 2.45) is 0 Å². The summed E-state index contributed by atoms with van der Waals surface area (Å²) < 4.78 is 20.8. The van der Waals surface area contributed by atoms with Gasteiger partial charge in [-0.2, -0.15) is 0 Å². The van der Waals surface area contributed by atoms with Gasteiger partial charge in [0.05, 0.1) is 40.3 Å². The second-order valence-electron chi connectivity index (χ2n) is 6.17. The molecule has 7 heteroatoms. The molecule has 0 spiro atoms. The molecule has 0 unspecified atom stereocenters. The summed E-state index contributed by atoms with van der Waals surface area (Å²) in [6.45, 7) is 1.53. The topological polar surface area (TPSA) is 74.3 Å². The molecular formula is C19H27NO6. The average Bonchev–Trinajstić information content (AvgIpc) is 3.17. The number of benzene rings is 1. The molecule has 1 aliphatic rings. The number of amides is 1. The first-order chi connectivity index (χ1) is 12.6. The summed E-state index contributed by atoms with van der Waals surface area (Å²) in [4.78, 5) is 26.0. The van der Waals surface area contributed by atoms with Crippen LogP contribution >= 0.6 is 0 Å². The van der Waals surface area contributed by atoms with Gasteiger partial charge in [-0.3, -0.25) is 9.59 Å². The molecule has 0 aromatic heterocycles. The summed E-state index contributed by atoms with van der Waals surface area (Å²) in [5, 5.41) is 0. The number of carbonyl (C=O) groups excluding carboxylic acids is 2. The van der Waals surface area contributed by atoms with Gasteiger partial charge in [0.2, 0.25) is 5.91 Å². The van der Waals surface area contributed by atoms with Gasteiger partial charge in [-0.15, -0.1) is 0 Å². The lowest BCUT2D eigenvalue weighted by Gasteiger charge is -2.25. The van der Waals surface area contributed by atoms with Crippen molar-refractivity contribution in [2.45, 2.75) is 31.8 Å². The summed E-state index contributed by atoms with van der Waals surface area (Å²) >= 11 is 0. The molecule has 1 aliphatic heterocycles. The van der Waals surface area contributed by atoms with Crippen LogP contribution in [0.3, 0.4) is 0 Å². The van der Waals surface area contributed by atoms with Crippen LogP contribution in [0.25, 0.3) is 0 Å². The van der Waals surface area contributed by atoms with Crippen LogP contribution in [0.2, 0.25) is 0 Å². The van der Waals surface area contributed by atoms with E-state index in [1.54, 1.807) is 31.3 Å². The highest BCUT2D eigenvalue weighted by Crippen LogP contribution is 2.28. The van der Waals surface area contributed by atoms with E-state index in [4.69, 9.17) is 14.2 Å². The summed E-state index contributed by atoms with van der Waals surface area (Å²) in [6, 6.07) is 5.41. The number of methoxy groups -OCH3 is 3. The predicted molar refractivity (Wildman–Crippen MR) is 95.4 cm³/mol. The number of nitrogens with zero attached hydrogens (tertiary/aromatic N) is 1. The molecule has 7 nitrogen and oxygen atoms in total. The fourth-order valence-electron chi connectivity index (χ4n) is 2.96. The summed E-state index contributed by atoms with van der Waals surface area (Å²) in [5.41, 5.74) is 0.822. The Morgan fingerprint density at radius 2 is 1.96 bits per heavy atom. The number of esters is 1. The fraction of sp³-hybridized carbons (Fsp3) is 0.579. The first-order valence-corrected chi connectivity index (χ1v) is 8.74. The predicted octanol–water partition coefficient (Wildman–Crippen LogP) is 1.82. The molecule has 1 fully saturated rings. The van der Waals surface area contributed by atoms with Crippen LogP contribution in [-0.2, 0) is 25.5 Å². The second kappa shape index (κ2) is 10.0. The van der Waals surface area contributed by atoms with E-state index in [0.29, 0.717) is 24.6 Å². The van der Waals surface area contributed by atoms with E-state index in [1.165, 1.54) is 7.11 Å². The molecule has 0 bridgehead atoms. The van der Waals surface area contributed by atoms with Crippen molar-refractivity contribution < 1.29 is 28.5 Å². The monoisotopic (exact) mass is 365 g/mol. The van der Waals surface area contributed by atoms with Crippen molar-refractivity contribution in [3.63, 3.8) is 0 Å². The molecule has 1 saturated heterocycles. The van der Waals surface area contributed by atoms with Crippen molar-refractivity contribution in [2.75, 3.05) is 41.0 Å². The third kappa shape index (κ3) is 5.62. The minimum atomic E-state index is -0.332. The highest BCUT2D eigenvalue weighted by Gasteiger charge is 2.23. The molecule has 1 atom stereocenters. The average molecular weight is 365 g/mol. The Bertz CT molecular complexity index is 612. The SMILES string of the molecule is COC(=O)CCN(C[C@H]1CCCO1)C(=O)Cc1ccc(OC)c(OC)c1. The van der Waals surface area contributed by atoms with Gasteiger partial charge in [0.1, 0.15) is 0 Å². The Morgan fingerprint density at radius 1 is 1.19 bits per heavy atom. The summed E-state index contributed by atoms with van der Waals surface area (Å²) in [7, 11) is 4.47. The highest BCUT2D eigenvalue weighted by atomic mass is 16.5. The van der Waals surface area contributed by atoms with Gasteiger partial charge in [0, 0.05) is 19.7 Å². The van der Waals surface area contributed by atoms with Crippen molar-refractivity contribution in [1.29, 1.82) is 0 Å². The molecule has 0 aliphatic carbocycles. The Morgan fingerprint density at radius 3 is 2.58 bits per heavy atom. The lowest BCUT2D eigenvalue weighted by Crippen LogP contribution is -2.39. The van der Waals surface area contributed by atoms with Gasteiger partial charge < -0.3 is 23.8 Å². The second-order valence-corrected chi connectivity index (χ2v) is 6.17. The van der Waals surface area contributed by atoms with Crippen LogP contribution in [0.1, 0.15) is 24.8 Å². The molecule has 2 rings (SSSR count). The Hall–Kier alpha value is -2.28. The van der Waals surface area contributed by atoms with Gasteiger partial charge in [0.15, 0.2) is 11.5 Å². The van der Waals surface area contributed by atoms with Crippen molar-refractivity contribution in [3.05, 3.63) is 23.8 Å². The maximum absolute atomic E-state index is 12.8. The normalized spacial score (nSPS) is 16.2. The summed E-state index contributed by atoms with van der Waals surface area (Å²) in [6.07, 6.45) is 2.34. The van der Waals surface area contributed by atoms with Gasteiger partial charge in [-0.25, -0.2) is 0 Å². The lowest BCUT2D eigenvalue weighted by molar-refractivity contribution is -0.142. The van der Waals surface area contributed by atoms with Crippen LogP contribution in [0, 0.1) is 0 Å². The van der Waals surface area contributed by atoms with Crippen LogP contribution in [-0.4, -0.2) is 63.9 Å². The van der Waals surface area contributed by atoms with Crippen LogP contribution < -0.4 is 9.47 Å². The Balaban J connectivity index is 2.05. The molecular weight excluding hydrogens is 338 g/mol. The largest absolute Gasteiger partial charge is 0.493 e. The smallest absolute Gasteiger partial charge is 0.307 e. The zero-order valence-corrected chi connectivity index (χ0v) is 15.7. The van der Waals surface area contributed by atoms with Crippen molar-refractivity contribution in [3.8, 4) is 11.5 Å². The minimum Gasteiger partial charge on any atom is -0.493 e. The van der Waals surface area contributed by atoms with Crippen LogP contribution in [0.4, 0.5) is 0 Å². The lowest BCUT2D eigenvalue weighted by atomic mass is 10.1. The molecule has 144 valence electrons. The maximum atomic E-state index is 12.8. The fourth-order valence-corrected chi connectivity index (χ4v) is 2.96. The van der Waals surface area contributed by atoms with Crippen LogP contribution in [0.5, 0.6) is 11.5 Å². The van der Waals surface area contributed by atoms with E-state index in [-0.39, 0.29) is 30.8 Å². The number of ether oxygens (including phenoxy) is 4. The van der Waals surface area contributed by atoms with Gasteiger partial charge in [-0.1, -0.05) is 6.07 Å². The summed E-state index contributed by atoms with van der Waals surface area (Å²) in [5.74, 6) is 0.807. The zero-order valence-electron chi connectivity index (χ0n) is 15.7. The number of rotatable bonds is 9. The highest BCUT2D eigenvalue weighted by molar-refractivity contribution is 5.80. The maximum Gasteiger partial charge on any atom is 0.307 e. The molecule has 1 amide bonds. The first kappa shape index (κ1) is 20.0. The standard InChI is InChI=1S/C19H27NO6/c1-23-16-7-6-14(11-17(16)24-2)12-18(21)20(9-8-19(22)25-3)13-15-5-4-10-26-15/h6-7,11,15H,4-5,8-10,12-13H2,1-3H3/t15-/m1/s1. The van der Waals surface area contributed by atoms with E-state index < -0.39 is 0 Å². The number of hydrogen-bond acceptors (Lipinski definition) is 6. The third-order valence-corrected chi connectivity index (χ3v) is 4.42. The quantitative estimate of drug-likeness (QED) is 0.622. The van der Waals surface area contributed by atoms with Crippen LogP contribution in [0.15, 0.2) is 18.2 Å². The van der Waals surface area contributed by atoms with E-state index in [1.807, 2.05) is 6.07 Å². The van der Waals surface area contributed by atoms with E-state index >= 15 is 0 Å². The number of hydrogen-bond donors (Lipinski definition) is 0. The van der Waals surface area contributed by atoms with Crippen molar-refractivity contribution in [1.82, 2.24) is 4.90 Å². The first-order valence-electron chi connectivity index (χ1n) is 8.74. The molecule has 26 heavy (non-hydrogen) atoms. The van der Waals surface area contributed by atoms with E-state index in [0.717, 1.165) is 25.0 Å². The molecule has 0 N–H and O–H groups in total. The molecule has 1 heterocycles. The third-order valence-electron chi connectivity index (χ3n) is 4.42. The molecule has 1 aromatic carbocycles. The molecule has 1 aromatic rings. The van der Waals surface area contributed by atoms with E-state index in [9.17, 15) is 9.59 Å². The Labute approximate surface area is 154 Å².